The third kappa shape index (κ3) is 1.19. The number of fused-ring (bicyclic) bond motifs is 1. The molecular formula is C8H8N4O. The Kier molecular flexibility index (Phi) is 1.79. The molecule has 66 valence electrons. The van der Waals surface area contributed by atoms with Crippen molar-refractivity contribution < 1.29 is 4.79 Å². The van der Waals surface area contributed by atoms with Gasteiger partial charge in [-0.1, -0.05) is 0 Å². The minimum atomic E-state index is -0.138. The zero-order valence-electron chi connectivity index (χ0n) is 6.84. The Balaban J connectivity index is 2.64. The molecule has 2 heterocycles. The van der Waals surface area contributed by atoms with E-state index in [1.165, 1.54) is 6.20 Å². The summed E-state index contributed by atoms with van der Waals surface area (Å²) in [5.74, 6) is -0.138. The molecule has 0 fully saturated rings. The van der Waals surface area contributed by atoms with Crippen LogP contribution in [0.5, 0.6) is 0 Å². The molecule has 2 N–H and O–H groups in total. The normalized spacial score (nSPS) is 10.5. The number of nitrogens with zero attached hydrogens (tertiary/aromatic N) is 3. The predicted molar refractivity (Wildman–Crippen MR) is 46.4 cm³/mol. The standard InChI is InChI=1S/C8H8N4O/c9-3-7(13)6-4-11-8-1-2-10-5-12(6)8/h1-2,4-5H,3,9H2. The number of carbonyl (C=O) groups is 1. The van der Waals surface area contributed by atoms with E-state index in [4.69, 9.17) is 5.73 Å². The first-order valence-electron chi connectivity index (χ1n) is 3.83. The molecule has 0 unspecified atom stereocenters. The minimum absolute atomic E-state index is 0.0112. The lowest BCUT2D eigenvalue weighted by Crippen LogP contribution is -2.15. The third-order valence-electron chi connectivity index (χ3n) is 1.79. The van der Waals surface area contributed by atoms with Gasteiger partial charge in [-0.15, -0.1) is 0 Å². The molecule has 0 saturated carbocycles. The second-order valence-electron chi connectivity index (χ2n) is 2.58. The van der Waals surface area contributed by atoms with Crippen LogP contribution in [-0.4, -0.2) is 26.7 Å². The highest BCUT2D eigenvalue weighted by molar-refractivity contribution is 5.96. The summed E-state index contributed by atoms with van der Waals surface area (Å²) < 4.78 is 1.62. The minimum Gasteiger partial charge on any atom is -0.324 e. The van der Waals surface area contributed by atoms with Gasteiger partial charge < -0.3 is 5.73 Å². The molecule has 0 aromatic carbocycles. The Morgan fingerprint density at radius 2 is 2.46 bits per heavy atom. The number of carbonyl (C=O) groups excluding carboxylic acids is 1. The van der Waals surface area contributed by atoms with E-state index in [1.54, 1.807) is 23.0 Å². The summed E-state index contributed by atoms with van der Waals surface area (Å²) in [6.45, 7) is -0.0112. The van der Waals surface area contributed by atoms with Crippen LogP contribution in [0.3, 0.4) is 0 Å². The van der Waals surface area contributed by atoms with E-state index in [0.29, 0.717) is 11.3 Å². The maximum Gasteiger partial charge on any atom is 0.194 e. The highest BCUT2D eigenvalue weighted by Crippen LogP contribution is 2.04. The lowest BCUT2D eigenvalue weighted by molar-refractivity contribution is 0.0996. The van der Waals surface area contributed by atoms with Crippen LogP contribution in [0.1, 0.15) is 10.5 Å². The van der Waals surface area contributed by atoms with Gasteiger partial charge in [-0.05, 0) is 6.07 Å². The molecule has 0 saturated heterocycles. The molecule has 13 heavy (non-hydrogen) atoms. The molecule has 2 aromatic rings. The lowest BCUT2D eigenvalue weighted by Gasteiger charge is -1.96. The number of ketones is 1. The van der Waals surface area contributed by atoms with Crippen molar-refractivity contribution in [2.45, 2.75) is 0 Å². The second kappa shape index (κ2) is 2.95. The molecule has 0 bridgehead atoms. The fourth-order valence-electron chi connectivity index (χ4n) is 1.15. The molecule has 2 rings (SSSR count). The van der Waals surface area contributed by atoms with Crippen LogP contribution >= 0.6 is 0 Å². The molecule has 2 aromatic heterocycles. The van der Waals surface area contributed by atoms with E-state index in [1.807, 2.05) is 0 Å². The number of hydrogen-bond donors (Lipinski definition) is 1. The Bertz CT molecular complexity index is 448. The van der Waals surface area contributed by atoms with Crippen LogP contribution < -0.4 is 5.73 Å². The summed E-state index contributed by atoms with van der Waals surface area (Å²) >= 11 is 0. The number of nitrogens with two attached hydrogens (primary N) is 1. The summed E-state index contributed by atoms with van der Waals surface area (Å²) in [7, 11) is 0. The van der Waals surface area contributed by atoms with Crippen LogP contribution in [0, 0.1) is 0 Å². The second-order valence-corrected chi connectivity index (χ2v) is 2.58. The van der Waals surface area contributed by atoms with Gasteiger partial charge in [0.15, 0.2) is 5.78 Å². The Hall–Kier alpha value is -1.75. The lowest BCUT2D eigenvalue weighted by atomic mass is 10.3. The first-order valence-corrected chi connectivity index (χ1v) is 3.83. The highest BCUT2D eigenvalue weighted by atomic mass is 16.1. The fraction of sp³-hybridized carbons (Fsp3) is 0.125. The molecule has 0 aliphatic heterocycles. The van der Waals surface area contributed by atoms with Crippen molar-refractivity contribution in [2.24, 2.45) is 5.73 Å². The number of Topliss-reactive ketones (excluding diaryl/α,β-unsaturated/α-hetero) is 1. The summed E-state index contributed by atoms with van der Waals surface area (Å²) in [5.41, 5.74) is 6.42. The zero-order chi connectivity index (χ0) is 9.26. The van der Waals surface area contributed by atoms with Gasteiger partial charge in [0.2, 0.25) is 0 Å². The monoisotopic (exact) mass is 176 g/mol. The molecule has 5 heteroatoms. The fourth-order valence-corrected chi connectivity index (χ4v) is 1.15. The molecule has 0 amide bonds. The van der Waals surface area contributed by atoms with Crippen LogP contribution in [0.15, 0.2) is 24.8 Å². The number of aromatic nitrogens is 3. The van der Waals surface area contributed by atoms with E-state index >= 15 is 0 Å². The number of rotatable bonds is 2. The van der Waals surface area contributed by atoms with Gasteiger partial charge in [-0.2, -0.15) is 0 Å². The van der Waals surface area contributed by atoms with E-state index in [9.17, 15) is 4.79 Å². The smallest absolute Gasteiger partial charge is 0.194 e. The molecule has 0 atom stereocenters. The van der Waals surface area contributed by atoms with Gasteiger partial charge in [0.1, 0.15) is 17.7 Å². The predicted octanol–water partition coefficient (Wildman–Crippen LogP) is -0.129. The van der Waals surface area contributed by atoms with Crippen molar-refractivity contribution in [3.8, 4) is 0 Å². The van der Waals surface area contributed by atoms with Crippen molar-refractivity contribution in [1.82, 2.24) is 14.4 Å². The molecule has 0 radical (unpaired) electrons. The first kappa shape index (κ1) is 7.88. The maximum absolute atomic E-state index is 11.3. The van der Waals surface area contributed by atoms with Crippen molar-refractivity contribution in [1.29, 1.82) is 0 Å². The van der Waals surface area contributed by atoms with Crippen LogP contribution in [0.4, 0.5) is 0 Å². The third-order valence-corrected chi connectivity index (χ3v) is 1.79. The molecule has 0 spiro atoms. The summed E-state index contributed by atoms with van der Waals surface area (Å²) in [4.78, 5) is 19.2. The molecule has 5 nitrogen and oxygen atoms in total. The maximum atomic E-state index is 11.3. The largest absolute Gasteiger partial charge is 0.324 e. The summed E-state index contributed by atoms with van der Waals surface area (Å²) in [5, 5.41) is 0. The average Bonchev–Trinajstić information content (AvgIpc) is 2.60. The van der Waals surface area contributed by atoms with E-state index in [0.717, 1.165) is 0 Å². The van der Waals surface area contributed by atoms with Gasteiger partial charge in [0.25, 0.3) is 0 Å². The number of hydrogen-bond acceptors (Lipinski definition) is 4. The summed E-state index contributed by atoms with van der Waals surface area (Å²) in [6.07, 6.45) is 4.68. The van der Waals surface area contributed by atoms with E-state index < -0.39 is 0 Å². The van der Waals surface area contributed by atoms with Crippen LogP contribution in [0.25, 0.3) is 5.65 Å². The quantitative estimate of drug-likeness (QED) is 0.647. The van der Waals surface area contributed by atoms with Crippen molar-refractivity contribution in [3.05, 3.63) is 30.5 Å². The van der Waals surface area contributed by atoms with Gasteiger partial charge in [0.05, 0.1) is 12.7 Å². The van der Waals surface area contributed by atoms with E-state index in [2.05, 4.69) is 9.97 Å². The average molecular weight is 176 g/mol. The van der Waals surface area contributed by atoms with Gasteiger partial charge >= 0.3 is 0 Å². The SMILES string of the molecule is NCC(=O)c1cnc2ccncn12. The Morgan fingerprint density at radius 1 is 1.62 bits per heavy atom. The Morgan fingerprint density at radius 3 is 3.23 bits per heavy atom. The van der Waals surface area contributed by atoms with Gasteiger partial charge in [0, 0.05) is 6.20 Å². The first-order chi connectivity index (χ1) is 6.33. The van der Waals surface area contributed by atoms with Crippen LogP contribution in [-0.2, 0) is 0 Å². The topological polar surface area (TPSA) is 73.3 Å². The van der Waals surface area contributed by atoms with Crippen LogP contribution in [0.2, 0.25) is 0 Å². The number of imidazole rings is 1. The summed E-state index contributed by atoms with van der Waals surface area (Å²) in [6, 6.07) is 1.73. The van der Waals surface area contributed by atoms with Crippen molar-refractivity contribution >= 4 is 11.4 Å². The zero-order valence-corrected chi connectivity index (χ0v) is 6.84. The van der Waals surface area contributed by atoms with Crippen molar-refractivity contribution in [3.63, 3.8) is 0 Å². The van der Waals surface area contributed by atoms with Gasteiger partial charge in [-0.3, -0.25) is 9.20 Å². The molecular weight excluding hydrogens is 168 g/mol. The van der Waals surface area contributed by atoms with Crippen molar-refractivity contribution in [2.75, 3.05) is 6.54 Å². The molecule has 0 aliphatic rings. The molecule has 0 aliphatic carbocycles. The van der Waals surface area contributed by atoms with Gasteiger partial charge in [-0.25, -0.2) is 9.97 Å². The highest BCUT2D eigenvalue weighted by Gasteiger charge is 2.09. The Labute approximate surface area is 74.2 Å². The van der Waals surface area contributed by atoms with E-state index in [-0.39, 0.29) is 12.3 Å².